The molecule has 0 aliphatic heterocycles. The summed E-state index contributed by atoms with van der Waals surface area (Å²) in [6.45, 7) is 4.77. The minimum Gasteiger partial charge on any atom is -0.494 e. The number of hydrogen-bond donors (Lipinski definition) is 1. The Hall–Kier alpha value is -2.60. The number of aryl methyl sites for hydroxylation is 1. The molecule has 3 aromatic rings. The van der Waals surface area contributed by atoms with Crippen molar-refractivity contribution in [2.45, 2.75) is 26.7 Å². The van der Waals surface area contributed by atoms with Crippen LogP contribution in [0.25, 0.3) is 10.8 Å². The van der Waals surface area contributed by atoms with Crippen molar-refractivity contribution < 1.29 is 13.9 Å². The maximum atomic E-state index is 12.4. The molecule has 3 rings (SSSR count). The quantitative estimate of drug-likeness (QED) is 0.595. The summed E-state index contributed by atoms with van der Waals surface area (Å²) < 4.78 is 11.0. The van der Waals surface area contributed by atoms with Gasteiger partial charge in [-0.1, -0.05) is 13.3 Å². The standard InChI is InChI=1S/C19H20N2O3S/c1-3-4-9-23-14-7-8-15(13(2)11-14)20-18(22)16-12-25-19(21-16)17-6-5-10-24-17/h5-8,10-12H,3-4,9H2,1-2H3,(H,20,22). The highest BCUT2D eigenvalue weighted by Crippen LogP contribution is 2.25. The normalized spacial score (nSPS) is 10.6. The summed E-state index contributed by atoms with van der Waals surface area (Å²) in [6, 6.07) is 9.27. The Kier molecular flexibility index (Phi) is 5.50. The van der Waals surface area contributed by atoms with Gasteiger partial charge in [0.15, 0.2) is 10.8 Å². The van der Waals surface area contributed by atoms with E-state index in [1.807, 2.05) is 31.2 Å². The summed E-state index contributed by atoms with van der Waals surface area (Å²) in [5.41, 5.74) is 2.07. The molecule has 1 aromatic carbocycles. The number of furan rings is 1. The lowest BCUT2D eigenvalue weighted by atomic mass is 10.2. The van der Waals surface area contributed by atoms with Crippen molar-refractivity contribution >= 4 is 22.9 Å². The minimum atomic E-state index is -0.239. The molecule has 0 saturated heterocycles. The number of carbonyl (C=O) groups excluding carboxylic acids is 1. The van der Waals surface area contributed by atoms with E-state index in [0.717, 1.165) is 29.8 Å². The number of anilines is 1. The summed E-state index contributed by atoms with van der Waals surface area (Å²) in [6.07, 6.45) is 3.71. The van der Waals surface area contributed by atoms with Gasteiger partial charge >= 0.3 is 0 Å². The fraction of sp³-hybridized carbons (Fsp3) is 0.263. The van der Waals surface area contributed by atoms with Gasteiger partial charge in [-0.15, -0.1) is 11.3 Å². The van der Waals surface area contributed by atoms with Gasteiger partial charge in [0.1, 0.15) is 11.4 Å². The summed E-state index contributed by atoms with van der Waals surface area (Å²) >= 11 is 1.38. The average molecular weight is 356 g/mol. The number of thiazole rings is 1. The average Bonchev–Trinajstić information content (AvgIpc) is 3.28. The Labute approximate surface area is 150 Å². The van der Waals surface area contributed by atoms with Crippen molar-refractivity contribution in [3.8, 4) is 16.5 Å². The first-order valence-corrected chi connectivity index (χ1v) is 9.09. The molecule has 0 radical (unpaired) electrons. The zero-order valence-corrected chi connectivity index (χ0v) is 15.1. The number of ether oxygens (including phenoxy) is 1. The first-order chi connectivity index (χ1) is 12.2. The molecule has 1 N–H and O–H groups in total. The van der Waals surface area contributed by atoms with Crippen molar-refractivity contribution in [3.63, 3.8) is 0 Å². The molecule has 5 nitrogen and oxygen atoms in total. The third-order valence-corrected chi connectivity index (χ3v) is 4.54. The maximum absolute atomic E-state index is 12.4. The van der Waals surface area contributed by atoms with Gasteiger partial charge in [0.25, 0.3) is 5.91 Å². The number of nitrogens with one attached hydrogen (secondary N) is 1. The smallest absolute Gasteiger partial charge is 0.275 e. The van der Waals surface area contributed by atoms with Crippen LogP contribution in [-0.4, -0.2) is 17.5 Å². The maximum Gasteiger partial charge on any atom is 0.275 e. The number of aromatic nitrogens is 1. The number of hydrogen-bond acceptors (Lipinski definition) is 5. The van der Waals surface area contributed by atoms with Crippen LogP contribution >= 0.6 is 11.3 Å². The zero-order chi connectivity index (χ0) is 17.6. The van der Waals surface area contributed by atoms with E-state index >= 15 is 0 Å². The Morgan fingerprint density at radius 3 is 2.96 bits per heavy atom. The molecule has 2 heterocycles. The molecule has 6 heteroatoms. The molecule has 0 aliphatic carbocycles. The second-order valence-electron chi connectivity index (χ2n) is 5.65. The highest BCUT2D eigenvalue weighted by molar-refractivity contribution is 7.13. The van der Waals surface area contributed by atoms with Crippen molar-refractivity contribution in [2.24, 2.45) is 0 Å². The molecular formula is C19H20N2O3S. The van der Waals surface area contributed by atoms with Crippen LogP contribution in [0.5, 0.6) is 5.75 Å². The molecule has 25 heavy (non-hydrogen) atoms. The molecule has 0 fully saturated rings. The molecule has 0 saturated carbocycles. The van der Waals surface area contributed by atoms with Crippen molar-refractivity contribution in [1.29, 1.82) is 0 Å². The Morgan fingerprint density at radius 1 is 1.36 bits per heavy atom. The van der Waals surface area contributed by atoms with Gasteiger partial charge in [0.05, 0.1) is 12.9 Å². The van der Waals surface area contributed by atoms with E-state index in [2.05, 4.69) is 17.2 Å². The minimum absolute atomic E-state index is 0.239. The van der Waals surface area contributed by atoms with E-state index < -0.39 is 0 Å². The van der Waals surface area contributed by atoms with Crippen LogP contribution in [0.3, 0.4) is 0 Å². The topological polar surface area (TPSA) is 64.4 Å². The van der Waals surface area contributed by atoms with E-state index in [9.17, 15) is 4.79 Å². The highest BCUT2D eigenvalue weighted by atomic mass is 32.1. The number of benzene rings is 1. The lowest BCUT2D eigenvalue weighted by Gasteiger charge is -2.10. The first kappa shape index (κ1) is 17.2. The molecule has 0 spiro atoms. The van der Waals surface area contributed by atoms with Crippen LogP contribution in [0.15, 0.2) is 46.4 Å². The SMILES string of the molecule is CCCCOc1ccc(NC(=O)c2csc(-c3ccco3)n2)c(C)c1. The molecule has 0 bridgehead atoms. The van der Waals surface area contributed by atoms with E-state index in [4.69, 9.17) is 9.15 Å². The molecule has 0 aliphatic rings. The van der Waals surface area contributed by atoms with E-state index in [-0.39, 0.29) is 5.91 Å². The third kappa shape index (κ3) is 4.28. The van der Waals surface area contributed by atoms with Crippen LogP contribution in [0, 0.1) is 6.92 Å². The van der Waals surface area contributed by atoms with E-state index in [1.165, 1.54) is 11.3 Å². The Morgan fingerprint density at radius 2 is 2.24 bits per heavy atom. The zero-order valence-electron chi connectivity index (χ0n) is 14.2. The summed E-state index contributed by atoms with van der Waals surface area (Å²) in [5, 5.41) is 5.31. The van der Waals surface area contributed by atoms with Crippen LogP contribution < -0.4 is 10.1 Å². The number of carbonyl (C=O) groups is 1. The molecular weight excluding hydrogens is 336 g/mol. The van der Waals surface area contributed by atoms with Crippen molar-refractivity contribution in [3.05, 3.63) is 53.2 Å². The van der Waals surface area contributed by atoms with Crippen LogP contribution in [0.4, 0.5) is 5.69 Å². The lowest BCUT2D eigenvalue weighted by Crippen LogP contribution is -2.13. The van der Waals surface area contributed by atoms with Crippen LogP contribution in [0.2, 0.25) is 0 Å². The second-order valence-corrected chi connectivity index (χ2v) is 6.51. The van der Waals surface area contributed by atoms with Gasteiger partial charge in [-0.05, 0) is 49.2 Å². The summed E-state index contributed by atoms with van der Waals surface area (Å²) in [7, 11) is 0. The highest BCUT2D eigenvalue weighted by Gasteiger charge is 2.14. The predicted octanol–water partition coefficient (Wildman–Crippen LogP) is 5.14. The van der Waals surface area contributed by atoms with Gasteiger partial charge < -0.3 is 14.5 Å². The Balaban J connectivity index is 1.66. The van der Waals surface area contributed by atoms with Gasteiger partial charge in [0, 0.05) is 11.1 Å². The Bertz CT molecular complexity index is 840. The van der Waals surface area contributed by atoms with Gasteiger partial charge in [-0.2, -0.15) is 0 Å². The summed E-state index contributed by atoms with van der Waals surface area (Å²) in [4.78, 5) is 16.8. The van der Waals surface area contributed by atoms with E-state index in [0.29, 0.717) is 23.1 Å². The monoisotopic (exact) mass is 356 g/mol. The lowest BCUT2D eigenvalue weighted by molar-refractivity contribution is 0.102. The number of rotatable bonds is 7. The molecule has 1 amide bonds. The molecule has 0 unspecified atom stereocenters. The number of nitrogens with zero attached hydrogens (tertiary/aromatic N) is 1. The molecule has 2 aromatic heterocycles. The third-order valence-electron chi connectivity index (χ3n) is 3.68. The largest absolute Gasteiger partial charge is 0.494 e. The van der Waals surface area contributed by atoms with Crippen molar-refractivity contribution in [2.75, 3.05) is 11.9 Å². The van der Waals surface area contributed by atoms with Gasteiger partial charge in [-0.25, -0.2) is 4.98 Å². The molecule has 130 valence electrons. The first-order valence-electron chi connectivity index (χ1n) is 8.21. The second kappa shape index (κ2) is 7.98. The van der Waals surface area contributed by atoms with Crippen LogP contribution in [-0.2, 0) is 0 Å². The fourth-order valence-corrected chi connectivity index (χ4v) is 3.04. The van der Waals surface area contributed by atoms with Crippen molar-refractivity contribution in [1.82, 2.24) is 4.98 Å². The van der Waals surface area contributed by atoms with Gasteiger partial charge in [-0.3, -0.25) is 4.79 Å². The number of unbranched alkanes of at least 4 members (excludes halogenated alkanes) is 1. The van der Waals surface area contributed by atoms with Crippen LogP contribution in [0.1, 0.15) is 35.8 Å². The fourth-order valence-electron chi connectivity index (χ4n) is 2.28. The molecule has 0 atom stereocenters. The summed E-state index contributed by atoms with van der Waals surface area (Å²) in [5.74, 6) is 1.24. The number of amides is 1. The van der Waals surface area contributed by atoms with E-state index in [1.54, 1.807) is 17.7 Å². The predicted molar refractivity (Wildman–Crippen MR) is 99.4 cm³/mol. The van der Waals surface area contributed by atoms with Gasteiger partial charge in [0.2, 0.25) is 0 Å².